The molecule has 0 atom stereocenters. The molecule has 29 heavy (non-hydrogen) atoms. The van der Waals surface area contributed by atoms with Crippen molar-refractivity contribution in [3.8, 4) is 11.1 Å². The Morgan fingerprint density at radius 3 is 2.03 bits per heavy atom. The smallest absolute Gasteiger partial charge is 0.338 e. The van der Waals surface area contributed by atoms with Crippen LogP contribution in [0.1, 0.15) is 27.6 Å². The third-order valence-corrected chi connectivity index (χ3v) is 4.30. The Balaban J connectivity index is 1.57. The summed E-state index contributed by atoms with van der Waals surface area (Å²) in [5.41, 5.74) is 3.74. The van der Waals surface area contributed by atoms with Crippen LogP contribution in [0.15, 0.2) is 78.9 Å². The van der Waals surface area contributed by atoms with Gasteiger partial charge in [-0.1, -0.05) is 42.5 Å². The molecule has 5 heteroatoms. The Morgan fingerprint density at radius 2 is 1.38 bits per heavy atom. The summed E-state index contributed by atoms with van der Waals surface area (Å²) >= 11 is 0. The average Bonchev–Trinajstić information content (AvgIpc) is 2.78. The third-order valence-electron chi connectivity index (χ3n) is 4.30. The zero-order valence-corrected chi connectivity index (χ0v) is 16.3. The van der Waals surface area contributed by atoms with Crippen LogP contribution in [0.3, 0.4) is 0 Å². The summed E-state index contributed by atoms with van der Waals surface area (Å²) in [6.45, 7) is 3.05. The third kappa shape index (κ3) is 5.77. The molecule has 148 valence electrons. The minimum atomic E-state index is -0.418. The number of anilines is 1. The van der Waals surface area contributed by atoms with E-state index in [1.807, 2.05) is 49.4 Å². The van der Waals surface area contributed by atoms with Crippen LogP contribution in [0.25, 0.3) is 11.1 Å². The van der Waals surface area contributed by atoms with Crippen LogP contribution < -0.4 is 5.32 Å². The standard InChI is InChI=1S/C24H23NO4/c1-2-28-16-17-29-24(27)21-12-14-22(15-13-21)25-23(26)20-10-8-19(9-11-20)18-6-4-3-5-7-18/h3-15H,2,16-17H2,1H3,(H,25,26). The van der Waals surface area contributed by atoms with Crippen molar-refractivity contribution in [3.63, 3.8) is 0 Å². The van der Waals surface area contributed by atoms with E-state index in [1.165, 1.54) is 0 Å². The molecule has 3 aromatic rings. The lowest BCUT2D eigenvalue weighted by Crippen LogP contribution is -2.13. The Labute approximate surface area is 170 Å². The SMILES string of the molecule is CCOCCOC(=O)c1ccc(NC(=O)c2ccc(-c3ccccc3)cc2)cc1. The molecule has 0 heterocycles. The van der Waals surface area contributed by atoms with Crippen molar-refractivity contribution in [2.45, 2.75) is 6.92 Å². The number of benzene rings is 3. The Morgan fingerprint density at radius 1 is 0.759 bits per heavy atom. The largest absolute Gasteiger partial charge is 0.460 e. The van der Waals surface area contributed by atoms with Gasteiger partial charge in [0.2, 0.25) is 0 Å². The summed E-state index contributed by atoms with van der Waals surface area (Å²) < 4.78 is 10.2. The van der Waals surface area contributed by atoms with E-state index < -0.39 is 5.97 Å². The number of hydrogen-bond donors (Lipinski definition) is 1. The molecule has 3 aromatic carbocycles. The molecule has 0 radical (unpaired) electrons. The number of hydrogen-bond acceptors (Lipinski definition) is 4. The van der Waals surface area contributed by atoms with Gasteiger partial charge in [-0.2, -0.15) is 0 Å². The van der Waals surface area contributed by atoms with Crippen molar-refractivity contribution < 1.29 is 19.1 Å². The number of amides is 1. The van der Waals surface area contributed by atoms with Gasteiger partial charge < -0.3 is 14.8 Å². The second-order valence-corrected chi connectivity index (χ2v) is 6.31. The van der Waals surface area contributed by atoms with Crippen molar-refractivity contribution >= 4 is 17.6 Å². The normalized spacial score (nSPS) is 10.4. The summed E-state index contributed by atoms with van der Waals surface area (Å²) in [6, 6.07) is 24.0. The minimum absolute atomic E-state index is 0.211. The average molecular weight is 389 g/mol. The van der Waals surface area contributed by atoms with Gasteiger partial charge in [0.1, 0.15) is 6.61 Å². The molecule has 0 aliphatic carbocycles. The first-order chi connectivity index (χ1) is 14.2. The maximum absolute atomic E-state index is 12.5. The van der Waals surface area contributed by atoms with Gasteiger partial charge in [0.25, 0.3) is 5.91 Å². The van der Waals surface area contributed by atoms with Crippen molar-refractivity contribution in [1.29, 1.82) is 0 Å². The first-order valence-electron chi connectivity index (χ1n) is 9.49. The number of nitrogens with one attached hydrogen (secondary N) is 1. The van der Waals surface area contributed by atoms with Gasteiger partial charge in [-0.3, -0.25) is 4.79 Å². The highest BCUT2D eigenvalue weighted by Crippen LogP contribution is 2.20. The summed E-state index contributed by atoms with van der Waals surface area (Å²) in [5, 5.41) is 2.83. The van der Waals surface area contributed by atoms with Gasteiger partial charge in [0.05, 0.1) is 12.2 Å². The Hall–Kier alpha value is -3.44. The lowest BCUT2D eigenvalue weighted by atomic mass is 10.0. The van der Waals surface area contributed by atoms with Crippen molar-refractivity contribution in [2.24, 2.45) is 0 Å². The fraction of sp³-hybridized carbons (Fsp3) is 0.167. The monoisotopic (exact) mass is 389 g/mol. The van der Waals surface area contributed by atoms with Gasteiger partial charge in [-0.05, 0) is 54.4 Å². The first kappa shape index (κ1) is 20.3. The van der Waals surface area contributed by atoms with Crippen LogP contribution in [0.2, 0.25) is 0 Å². The Bertz CT molecular complexity index is 935. The number of carbonyl (C=O) groups is 2. The lowest BCUT2D eigenvalue weighted by Gasteiger charge is -2.08. The summed E-state index contributed by atoms with van der Waals surface area (Å²) in [7, 11) is 0. The van der Waals surface area contributed by atoms with E-state index in [4.69, 9.17) is 9.47 Å². The summed E-state index contributed by atoms with van der Waals surface area (Å²) in [5.74, 6) is -0.629. The molecular formula is C24H23NO4. The van der Waals surface area contributed by atoms with E-state index in [-0.39, 0.29) is 12.5 Å². The maximum atomic E-state index is 12.5. The molecule has 1 N–H and O–H groups in total. The highest BCUT2D eigenvalue weighted by atomic mass is 16.6. The molecular weight excluding hydrogens is 366 g/mol. The molecule has 0 aliphatic rings. The fourth-order valence-electron chi connectivity index (χ4n) is 2.76. The van der Waals surface area contributed by atoms with Crippen LogP contribution in [0.4, 0.5) is 5.69 Å². The molecule has 0 spiro atoms. The van der Waals surface area contributed by atoms with Crippen LogP contribution in [-0.4, -0.2) is 31.7 Å². The molecule has 0 aliphatic heterocycles. The zero-order valence-electron chi connectivity index (χ0n) is 16.3. The van der Waals surface area contributed by atoms with Crippen LogP contribution >= 0.6 is 0 Å². The molecule has 0 saturated carbocycles. The summed E-state index contributed by atoms with van der Waals surface area (Å²) in [6.07, 6.45) is 0. The molecule has 0 saturated heterocycles. The van der Waals surface area contributed by atoms with E-state index in [0.717, 1.165) is 11.1 Å². The second kappa shape index (κ2) is 10.2. The second-order valence-electron chi connectivity index (χ2n) is 6.31. The van der Waals surface area contributed by atoms with E-state index in [2.05, 4.69) is 5.32 Å². The molecule has 3 rings (SSSR count). The Kier molecular flexibility index (Phi) is 7.14. The predicted molar refractivity (Wildman–Crippen MR) is 113 cm³/mol. The highest BCUT2D eigenvalue weighted by molar-refractivity contribution is 6.04. The maximum Gasteiger partial charge on any atom is 0.338 e. The fourth-order valence-corrected chi connectivity index (χ4v) is 2.76. The van der Waals surface area contributed by atoms with E-state index in [9.17, 15) is 9.59 Å². The molecule has 0 bridgehead atoms. The van der Waals surface area contributed by atoms with E-state index >= 15 is 0 Å². The zero-order chi connectivity index (χ0) is 20.5. The number of esters is 1. The molecule has 0 aromatic heterocycles. The van der Waals surface area contributed by atoms with Crippen molar-refractivity contribution in [3.05, 3.63) is 90.0 Å². The van der Waals surface area contributed by atoms with Crippen molar-refractivity contribution in [2.75, 3.05) is 25.1 Å². The quantitative estimate of drug-likeness (QED) is 0.444. The first-order valence-corrected chi connectivity index (χ1v) is 9.49. The van der Waals surface area contributed by atoms with Crippen molar-refractivity contribution in [1.82, 2.24) is 0 Å². The molecule has 1 amide bonds. The van der Waals surface area contributed by atoms with Gasteiger partial charge in [0, 0.05) is 17.9 Å². The number of rotatable bonds is 8. The highest BCUT2D eigenvalue weighted by Gasteiger charge is 2.09. The van der Waals surface area contributed by atoms with Crippen LogP contribution in [-0.2, 0) is 9.47 Å². The molecule has 0 unspecified atom stereocenters. The van der Waals surface area contributed by atoms with E-state index in [1.54, 1.807) is 36.4 Å². The van der Waals surface area contributed by atoms with Gasteiger partial charge >= 0.3 is 5.97 Å². The summed E-state index contributed by atoms with van der Waals surface area (Å²) in [4.78, 5) is 24.4. The molecule has 0 fully saturated rings. The number of carbonyl (C=O) groups excluding carboxylic acids is 2. The van der Waals surface area contributed by atoms with Gasteiger partial charge in [-0.15, -0.1) is 0 Å². The van der Waals surface area contributed by atoms with Gasteiger partial charge in [0.15, 0.2) is 0 Å². The van der Waals surface area contributed by atoms with Crippen LogP contribution in [0.5, 0.6) is 0 Å². The molecule has 5 nitrogen and oxygen atoms in total. The predicted octanol–water partition coefficient (Wildman–Crippen LogP) is 4.80. The van der Waals surface area contributed by atoms with Gasteiger partial charge in [-0.25, -0.2) is 4.79 Å². The van der Waals surface area contributed by atoms with E-state index in [0.29, 0.717) is 30.0 Å². The van der Waals surface area contributed by atoms with Crippen LogP contribution in [0, 0.1) is 0 Å². The minimum Gasteiger partial charge on any atom is -0.460 e. The lowest BCUT2D eigenvalue weighted by molar-refractivity contribution is 0.0335. The number of ether oxygens (including phenoxy) is 2. The topological polar surface area (TPSA) is 64.6 Å².